The van der Waals surface area contributed by atoms with Gasteiger partial charge in [0.25, 0.3) is 0 Å². The zero-order valence-electron chi connectivity index (χ0n) is 15.3. The summed E-state index contributed by atoms with van der Waals surface area (Å²) in [6, 6.07) is 6.53. The molecule has 0 bridgehead atoms. The van der Waals surface area contributed by atoms with E-state index < -0.39 is 12.0 Å². The fourth-order valence-corrected chi connectivity index (χ4v) is 3.57. The topological polar surface area (TPSA) is 91.8 Å². The molecule has 1 atom stereocenters. The number of nitrogens with one attached hydrogen (secondary N) is 1. The van der Waals surface area contributed by atoms with E-state index in [1.54, 1.807) is 26.1 Å². The van der Waals surface area contributed by atoms with Crippen LogP contribution in [0.2, 0.25) is 0 Å². The van der Waals surface area contributed by atoms with E-state index in [9.17, 15) is 14.7 Å². The van der Waals surface area contributed by atoms with Gasteiger partial charge in [-0.15, -0.1) is 11.8 Å². The highest BCUT2D eigenvalue weighted by Crippen LogP contribution is 2.31. The van der Waals surface area contributed by atoms with Gasteiger partial charge in [0.05, 0.1) is 19.2 Å². The molecule has 0 spiro atoms. The Kier molecular flexibility index (Phi) is 6.82. The number of ether oxygens (including phenoxy) is 1. The van der Waals surface area contributed by atoms with Crippen molar-refractivity contribution < 1.29 is 19.4 Å². The number of pyridine rings is 1. The predicted octanol–water partition coefficient (Wildman–Crippen LogP) is 1.77. The number of benzene rings is 1. The number of aromatic nitrogens is 1. The molecular weight excluding hydrogens is 354 g/mol. The Morgan fingerprint density at radius 1 is 1.35 bits per heavy atom. The van der Waals surface area contributed by atoms with Gasteiger partial charge in [-0.2, -0.15) is 0 Å². The molecule has 0 saturated heterocycles. The van der Waals surface area contributed by atoms with Crippen molar-refractivity contribution in [2.24, 2.45) is 0 Å². The summed E-state index contributed by atoms with van der Waals surface area (Å²) in [5.74, 6) is -0.457. The highest BCUT2D eigenvalue weighted by molar-refractivity contribution is 7.99. The van der Waals surface area contributed by atoms with E-state index in [0.717, 1.165) is 21.5 Å². The first-order chi connectivity index (χ1) is 12.3. The van der Waals surface area contributed by atoms with Gasteiger partial charge in [-0.1, -0.05) is 0 Å². The first kappa shape index (κ1) is 20.0. The minimum atomic E-state index is -1.06. The Hall–Kier alpha value is -2.32. The van der Waals surface area contributed by atoms with Crippen LogP contribution in [0, 0.1) is 6.92 Å². The average Bonchev–Trinajstić information content (AvgIpc) is 2.56. The largest absolute Gasteiger partial charge is 0.497 e. The summed E-state index contributed by atoms with van der Waals surface area (Å²) in [4.78, 5) is 30.5. The fourth-order valence-electron chi connectivity index (χ4n) is 2.42. The third kappa shape index (κ3) is 5.34. The number of nitrogens with zero attached hydrogens (tertiary/aromatic N) is 2. The Bertz CT molecular complexity index is 810. The van der Waals surface area contributed by atoms with Crippen LogP contribution in [-0.4, -0.2) is 66.4 Å². The highest BCUT2D eigenvalue weighted by Gasteiger charge is 2.21. The maximum Gasteiger partial charge on any atom is 0.327 e. The number of hydrogen-bond donors (Lipinski definition) is 2. The van der Waals surface area contributed by atoms with Crippen molar-refractivity contribution >= 4 is 34.5 Å². The molecule has 1 heterocycles. The van der Waals surface area contributed by atoms with Gasteiger partial charge < -0.3 is 20.1 Å². The highest BCUT2D eigenvalue weighted by atomic mass is 32.2. The van der Waals surface area contributed by atoms with Crippen molar-refractivity contribution in [1.82, 2.24) is 15.2 Å². The molecule has 1 aromatic carbocycles. The molecule has 0 saturated carbocycles. The summed E-state index contributed by atoms with van der Waals surface area (Å²) in [5, 5.41) is 12.9. The van der Waals surface area contributed by atoms with E-state index in [-0.39, 0.29) is 18.2 Å². The summed E-state index contributed by atoms with van der Waals surface area (Å²) >= 11 is 1.38. The molecule has 26 heavy (non-hydrogen) atoms. The SMILES string of the molecule is COc1ccc2nc(C)cc(SC[C@H](NC(=O)CN(C)C)C(=O)O)c2c1. The zero-order valence-corrected chi connectivity index (χ0v) is 16.1. The van der Waals surface area contributed by atoms with Gasteiger partial charge >= 0.3 is 5.97 Å². The minimum absolute atomic E-state index is 0.142. The van der Waals surface area contributed by atoms with Gasteiger partial charge in [-0.3, -0.25) is 9.78 Å². The van der Waals surface area contributed by atoms with E-state index in [1.165, 1.54) is 11.8 Å². The molecule has 2 rings (SSSR count). The fraction of sp³-hybridized carbons (Fsp3) is 0.389. The Labute approximate surface area is 156 Å². The lowest BCUT2D eigenvalue weighted by atomic mass is 10.2. The molecule has 0 fully saturated rings. The Morgan fingerprint density at radius 2 is 2.08 bits per heavy atom. The minimum Gasteiger partial charge on any atom is -0.497 e. The van der Waals surface area contributed by atoms with Crippen LogP contribution in [-0.2, 0) is 9.59 Å². The molecule has 0 unspecified atom stereocenters. The molecule has 8 heteroatoms. The van der Waals surface area contributed by atoms with Crippen LogP contribution < -0.4 is 10.1 Å². The van der Waals surface area contributed by atoms with E-state index >= 15 is 0 Å². The van der Waals surface area contributed by atoms with Crippen LogP contribution in [0.3, 0.4) is 0 Å². The number of carboxylic acid groups (broad SMARTS) is 1. The molecule has 1 amide bonds. The zero-order chi connectivity index (χ0) is 19.3. The smallest absolute Gasteiger partial charge is 0.327 e. The third-order valence-corrected chi connectivity index (χ3v) is 4.75. The lowest BCUT2D eigenvalue weighted by molar-refractivity contribution is -0.141. The molecule has 0 radical (unpaired) electrons. The molecule has 0 aliphatic rings. The molecule has 0 aliphatic heterocycles. The predicted molar refractivity (Wildman–Crippen MR) is 102 cm³/mol. The maximum atomic E-state index is 11.9. The number of amides is 1. The second-order valence-corrected chi connectivity index (χ2v) is 7.21. The second-order valence-electron chi connectivity index (χ2n) is 6.15. The number of methoxy groups -OCH3 is 1. The van der Waals surface area contributed by atoms with Gasteiger partial charge in [-0.05, 0) is 45.3 Å². The van der Waals surface area contributed by atoms with Crippen molar-refractivity contribution in [3.63, 3.8) is 0 Å². The molecule has 7 nitrogen and oxygen atoms in total. The summed E-state index contributed by atoms with van der Waals surface area (Å²) < 4.78 is 5.27. The number of likely N-dealkylation sites (N-methyl/N-ethyl adjacent to an activating group) is 1. The van der Waals surface area contributed by atoms with Crippen molar-refractivity contribution in [3.8, 4) is 5.75 Å². The van der Waals surface area contributed by atoms with Crippen molar-refractivity contribution in [2.45, 2.75) is 17.9 Å². The molecule has 0 aliphatic carbocycles. The second kappa shape index (κ2) is 8.86. The molecular formula is C18H23N3O4S. The van der Waals surface area contributed by atoms with Crippen LogP contribution in [0.5, 0.6) is 5.75 Å². The number of rotatable bonds is 8. The van der Waals surface area contributed by atoms with E-state index in [0.29, 0.717) is 5.75 Å². The third-order valence-electron chi connectivity index (χ3n) is 3.60. The van der Waals surface area contributed by atoms with Crippen molar-refractivity contribution in [3.05, 3.63) is 30.0 Å². The van der Waals surface area contributed by atoms with Crippen molar-refractivity contribution in [2.75, 3.05) is 33.5 Å². The molecule has 140 valence electrons. The monoisotopic (exact) mass is 377 g/mol. The van der Waals surface area contributed by atoms with Gasteiger partial charge in [0.2, 0.25) is 5.91 Å². The Morgan fingerprint density at radius 3 is 2.69 bits per heavy atom. The number of thioether (sulfide) groups is 1. The van der Waals surface area contributed by atoms with Crippen LogP contribution in [0.1, 0.15) is 5.69 Å². The number of aliphatic carboxylic acids is 1. The van der Waals surface area contributed by atoms with Crippen LogP contribution >= 0.6 is 11.8 Å². The van der Waals surface area contributed by atoms with E-state index in [4.69, 9.17) is 4.74 Å². The Balaban J connectivity index is 2.20. The number of carboxylic acids is 1. The van der Waals surface area contributed by atoms with Gasteiger partial charge in [0, 0.05) is 21.7 Å². The lowest BCUT2D eigenvalue weighted by Crippen LogP contribution is -2.45. The first-order valence-corrected chi connectivity index (χ1v) is 9.04. The van der Waals surface area contributed by atoms with Crippen LogP contribution in [0.15, 0.2) is 29.2 Å². The van der Waals surface area contributed by atoms with E-state index in [2.05, 4.69) is 10.3 Å². The van der Waals surface area contributed by atoms with Crippen molar-refractivity contribution in [1.29, 1.82) is 0 Å². The summed E-state index contributed by atoms with van der Waals surface area (Å²) in [6.45, 7) is 2.03. The standard InChI is InChI=1S/C18H23N3O4S/c1-11-7-16(13-8-12(25-4)5-6-14(13)19-11)26-10-15(18(23)24)20-17(22)9-21(2)3/h5-8,15H,9-10H2,1-4H3,(H,20,22)(H,23,24)/t15-/m0/s1. The number of hydrogen-bond acceptors (Lipinski definition) is 6. The normalized spacial score (nSPS) is 12.2. The van der Waals surface area contributed by atoms with Crippen LogP contribution in [0.4, 0.5) is 0 Å². The average molecular weight is 377 g/mol. The van der Waals surface area contributed by atoms with Crippen LogP contribution in [0.25, 0.3) is 10.9 Å². The molecule has 2 aromatic rings. The lowest BCUT2D eigenvalue weighted by Gasteiger charge is -2.17. The van der Waals surface area contributed by atoms with Gasteiger partial charge in [0.1, 0.15) is 11.8 Å². The van der Waals surface area contributed by atoms with Gasteiger partial charge in [-0.25, -0.2) is 4.79 Å². The van der Waals surface area contributed by atoms with Gasteiger partial charge in [0.15, 0.2) is 0 Å². The number of fused-ring (bicyclic) bond motifs is 1. The molecule has 2 N–H and O–H groups in total. The summed E-state index contributed by atoms with van der Waals surface area (Å²) in [6.07, 6.45) is 0. The number of aryl methyl sites for hydroxylation is 1. The van der Waals surface area contributed by atoms with E-state index in [1.807, 2.05) is 31.2 Å². The summed E-state index contributed by atoms with van der Waals surface area (Å²) in [5.41, 5.74) is 1.66. The summed E-state index contributed by atoms with van der Waals surface area (Å²) in [7, 11) is 5.10. The first-order valence-electron chi connectivity index (χ1n) is 8.05. The number of carbonyl (C=O) groups is 2. The maximum absolute atomic E-state index is 11.9. The quantitative estimate of drug-likeness (QED) is 0.678. The number of carbonyl (C=O) groups excluding carboxylic acids is 1. The molecule has 1 aromatic heterocycles.